The Labute approximate surface area is 131 Å². The molecule has 0 aliphatic heterocycles. The van der Waals surface area contributed by atoms with Gasteiger partial charge in [0.2, 0.25) is 0 Å². The highest BCUT2D eigenvalue weighted by Gasteiger charge is 2.09. The lowest BCUT2D eigenvalue weighted by molar-refractivity contribution is -0.111. The normalized spacial score (nSPS) is 12.2. The number of hydrogen-bond acceptors (Lipinski definition) is 1. The van der Waals surface area contributed by atoms with Crippen LogP contribution in [0.25, 0.3) is 10.8 Å². The molecule has 0 radical (unpaired) electrons. The van der Waals surface area contributed by atoms with Gasteiger partial charge in [0.05, 0.1) is 0 Å². The van der Waals surface area contributed by atoms with Crippen molar-refractivity contribution in [2.24, 2.45) is 5.92 Å². The largest absolute Gasteiger partial charge is 0.303 e. The topological polar surface area (TPSA) is 17.1 Å². The fourth-order valence-electron chi connectivity index (χ4n) is 2.88. The summed E-state index contributed by atoms with van der Waals surface area (Å²) < 4.78 is 0. The summed E-state index contributed by atoms with van der Waals surface area (Å²) in [5.74, 6) is 0.0846. The van der Waals surface area contributed by atoms with E-state index in [-0.39, 0.29) is 5.92 Å². The highest BCUT2D eigenvalue weighted by atomic mass is 16.1. The van der Waals surface area contributed by atoms with Crippen LogP contribution in [0.4, 0.5) is 0 Å². The average molecular weight is 288 g/mol. The quantitative estimate of drug-likeness (QED) is 0.594. The Morgan fingerprint density at radius 3 is 2.27 bits per heavy atom. The predicted octanol–water partition coefficient (Wildman–Crippen LogP) is 4.83. The van der Waals surface area contributed by atoms with Gasteiger partial charge in [-0.2, -0.15) is 0 Å². The Hall–Kier alpha value is -2.41. The molecule has 0 amide bonds. The van der Waals surface area contributed by atoms with Crippen molar-refractivity contribution in [1.29, 1.82) is 0 Å². The SMILES string of the molecule is O=CC(CCc1ccccc1)Cc1ccc2ccccc2c1. The van der Waals surface area contributed by atoms with Crippen molar-refractivity contribution in [3.63, 3.8) is 0 Å². The van der Waals surface area contributed by atoms with E-state index in [1.807, 2.05) is 6.07 Å². The minimum atomic E-state index is 0.0846. The molecule has 0 aliphatic carbocycles. The Kier molecular flexibility index (Phi) is 4.65. The molecule has 110 valence electrons. The summed E-state index contributed by atoms with van der Waals surface area (Å²) in [6.07, 6.45) is 3.79. The summed E-state index contributed by atoms with van der Waals surface area (Å²) in [7, 11) is 0. The van der Waals surface area contributed by atoms with Crippen LogP contribution in [0.5, 0.6) is 0 Å². The van der Waals surface area contributed by atoms with Gasteiger partial charge in [-0.25, -0.2) is 0 Å². The van der Waals surface area contributed by atoms with E-state index in [1.54, 1.807) is 0 Å². The molecule has 0 aromatic heterocycles. The molecule has 0 spiro atoms. The third-order valence-corrected chi connectivity index (χ3v) is 4.15. The molecule has 0 saturated carbocycles. The van der Waals surface area contributed by atoms with Gasteiger partial charge in [0, 0.05) is 5.92 Å². The van der Waals surface area contributed by atoms with Crippen molar-refractivity contribution in [2.45, 2.75) is 19.3 Å². The van der Waals surface area contributed by atoms with E-state index in [1.165, 1.54) is 21.9 Å². The molecule has 0 N–H and O–H groups in total. The first-order valence-electron chi connectivity index (χ1n) is 7.82. The van der Waals surface area contributed by atoms with Crippen LogP contribution in [-0.2, 0) is 17.6 Å². The Morgan fingerprint density at radius 1 is 0.773 bits per heavy atom. The molecule has 3 aromatic rings. The second kappa shape index (κ2) is 7.04. The van der Waals surface area contributed by atoms with Crippen molar-refractivity contribution in [2.75, 3.05) is 0 Å². The molecule has 0 fully saturated rings. The van der Waals surface area contributed by atoms with Crippen molar-refractivity contribution in [1.82, 2.24) is 0 Å². The van der Waals surface area contributed by atoms with Gasteiger partial charge in [0.25, 0.3) is 0 Å². The van der Waals surface area contributed by atoms with Gasteiger partial charge in [0.15, 0.2) is 0 Å². The Bertz CT molecular complexity index is 746. The lowest BCUT2D eigenvalue weighted by atomic mass is 9.93. The van der Waals surface area contributed by atoms with Gasteiger partial charge < -0.3 is 4.79 Å². The first kappa shape index (κ1) is 14.5. The van der Waals surface area contributed by atoms with E-state index in [2.05, 4.69) is 66.7 Å². The second-order valence-electron chi connectivity index (χ2n) is 5.81. The van der Waals surface area contributed by atoms with Gasteiger partial charge in [-0.15, -0.1) is 0 Å². The van der Waals surface area contributed by atoms with Crippen molar-refractivity contribution in [3.8, 4) is 0 Å². The zero-order valence-corrected chi connectivity index (χ0v) is 12.6. The maximum Gasteiger partial charge on any atom is 0.123 e. The molecule has 0 aliphatic rings. The van der Waals surface area contributed by atoms with Crippen LogP contribution in [0.1, 0.15) is 17.5 Å². The first-order valence-corrected chi connectivity index (χ1v) is 7.82. The molecule has 1 nitrogen and oxygen atoms in total. The van der Waals surface area contributed by atoms with Crippen LogP contribution < -0.4 is 0 Å². The van der Waals surface area contributed by atoms with Crippen LogP contribution >= 0.6 is 0 Å². The van der Waals surface area contributed by atoms with Crippen LogP contribution in [-0.4, -0.2) is 6.29 Å². The number of hydrogen-bond donors (Lipinski definition) is 0. The second-order valence-corrected chi connectivity index (χ2v) is 5.81. The highest BCUT2D eigenvalue weighted by molar-refractivity contribution is 5.83. The summed E-state index contributed by atoms with van der Waals surface area (Å²) in [6.45, 7) is 0. The lowest BCUT2D eigenvalue weighted by Crippen LogP contribution is -2.07. The third-order valence-electron chi connectivity index (χ3n) is 4.15. The summed E-state index contributed by atoms with van der Waals surface area (Å²) in [4.78, 5) is 11.4. The molecule has 22 heavy (non-hydrogen) atoms. The number of carbonyl (C=O) groups is 1. The zero-order chi connectivity index (χ0) is 15.2. The standard InChI is InChI=1S/C21H20O/c22-16-19(11-10-17-6-2-1-3-7-17)14-18-12-13-20-8-4-5-9-21(20)15-18/h1-9,12-13,15-16,19H,10-11,14H2. The number of fused-ring (bicyclic) bond motifs is 1. The molecular weight excluding hydrogens is 268 g/mol. The predicted molar refractivity (Wildman–Crippen MR) is 92.0 cm³/mol. The molecule has 0 heterocycles. The minimum Gasteiger partial charge on any atom is -0.303 e. The minimum absolute atomic E-state index is 0.0846. The molecular formula is C21H20O. The maximum atomic E-state index is 11.4. The summed E-state index contributed by atoms with van der Waals surface area (Å²) in [6, 6.07) is 25.2. The number of aldehydes is 1. The van der Waals surface area contributed by atoms with Crippen molar-refractivity contribution < 1.29 is 4.79 Å². The average Bonchev–Trinajstić information content (AvgIpc) is 2.59. The molecule has 0 saturated heterocycles. The van der Waals surface area contributed by atoms with Gasteiger partial charge >= 0.3 is 0 Å². The molecule has 0 bridgehead atoms. The lowest BCUT2D eigenvalue weighted by Gasteiger charge is -2.11. The van der Waals surface area contributed by atoms with Crippen LogP contribution in [0, 0.1) is 5.92 Å². The molecule has 3 rings (SSSR count). The number of rotatable bonds is 6. The summed E-state index contributed by atoms with van der Waals surface area (Å²) in [5.41, 5.74) is 2.54. The van der Waals surface area contributed by atoms with Gasteiger partial charge in [0.1, 0.15) is 6.29 Å². The fourth-order valence-corrected chi connectivity index (χ4v) is 2.88. The van der Waals surface area contributed by atoms with Crippen LogP contribution in [0.15, 0.2) is 72.8 Å². The van der Waals surface area contributed by atoms with E-state index in [0.29, 0.717) is 0 Å². The number of benzene rings is 3. The van der Waals surface area contributed by atoms with E-state index in [4.69, 9.17) is 0 Å². The molecule has 1 unspecified atom stereocenters. The maximum absolute atomic E-state index is 11.4. The monoisotopic (exact) mass is 288 g/mol. The van der Waals surface area contributed by atoms with Crippen LogP contribution in [0.3, 0.4) is 0 Å². The highest BCUT2D eigenvalue weighted by Crippen LogP contribution is 2.19. The smallest absolute Gasteiger partial charge is 0.123 e. The Morgan fingerprint density at radius 2 is 1.50 bits per heavy atom. The third kappa shape index (κ3) is 3.62. The Balaban J connectivity index is 1.67. The van der Waals surface area contributed by atoms with E-state index < -0.39 is 0 Å². The first-order chi connectivity index (χ1) is 10.8. The number of carbonyl (C=O) groups excluding carboxylic acids is 1. The van der Waals surface area contributed by atoms with Gasteiger partial charge in [-0.3, -0.25) is 0 Å². The summed E-state index contributed by atoms with van der Waals surface area (Å²) >= 11 is 0. The van der Waals surface area contributed by atoms with Crippen LogP contribution in [0.2, 0.25) is 0 Å². The summed E-state index contributed by atoms with van der Waals surface area (Å²) in [5, 5.41) is 2.49. The van der Waals surface area contributed by atoms with Gasteiger partial charge in [-0.05, 0) is 41.2 Å². The fraction of sp³-hybridized carbons (Fsp3) is 0.190. The number of aryl methyl sites for hydroxylation is 1. The molecule has 1 heteroatoms. The zero-order valence-electron chi connectivity index (χ0n) is 12.6. The van der Waals surface area contributed by atoms with Gasteiger partial charge in [-0.1, -0.05) is 72.8 Å². The van der Waals surface area contributed by atoms with E-state index in [0.717, 1.165) is 25.5 Å². The van der Waals surface area contributed by atoms with E-state index in [9.17, 15) is 4.79 Å². The van der Waals surface area contributed by atoms with E-state index >= 15 is 0 Å². The molecule has 3 aromatic carbocycles. The molecule has 1 atom stereocenters. The van der Waals surface area contributed by atoms with Crippen molar-refractivity contribution in [3.05, 3.63) is 83.9 Å². The van der Waals surface area contributed by atoms with Crippen molar-refractivity contribution >= 4 is 17.1 Å².